The van der Waals surface area contributed by atoms with E-state index in [2.05, 4.69) is 30.2 Å². The van der Waals surface area contributed by atoms with Gasteiger partial charge >= 0.3 is 0 Å². The summed E-state index contributed by atoms with van der Waals surface area (Å²) < 4.78 is 52.9. The summed E-state index contributed by atoms with van der Waals surface area (Å²) in [6.45, 7) is 7.50. The molecule has 0 saturated heterocycles. The van der Waals surface area contributed by atoms with E-state index in [1.807, 2.05) is 26.8 Å². The topological polar surface area (TPSA) is 110 Å². The third kappa shape index (κ3) is 5.71. The van der Waals surface area contributed by atoms with Gasteiger partial charge in [-0.15, -0.1) is 11.3 Å². The van der Waals surface area contributed by atoms with Gasteiger partial charge in [0.15, 0.2) is 9.84 Å². The van der Waals surface area contributed by atoms with Crippen molar-refractivity contribution in [1.29, 1.82) is 0 Å². The molecular formula is C27H26F2N6O2S2. The van der Waals surface area contributed by atoms with E-state index < -0.39 is 16.3 Å². The monoisotopic (exact) mass is 568 g/mol. The number of benzene rings is 1. The van der Waals surface area contributed by atoms with Crippen molar-refractivity contribution in [3.8, 4) is 11.3 Å². The lowest BCUT2D eigenvalue weighted by Gasteiger charge is -2.16. The predicted octanol–water partition coefficient (Wildman–Crippen LogP) is 5.86. The van der Waals surface area contributed by atoms with Gasteiger partial charge in [0.1, 0.15) is 11.5 Å². The zero-order chi connectivity index (χ0) is 28.1. The summed E-state index contributed by atoms with van der Waals surface area (Å²) in [4.78, 5) is 23.1. The minimum atomic E-state index is -3.67. The third-order valence-electron chi connectivity index (χ3n) is 6.18. The first kappa shape index (κ1) is 26.9. The number of alkyl halides is 2. The smallest absolute Gasteiger partial charge is 0.277 e. The van der Waals surface area contributed by atoms with Crippen LogP contribution >= 0.6 is 11.3 Å². The average molecular weight is 569 g/mol. The standard InChI is InChI=1S/C27H26F2N6O2S2/c1-13-8-18(31-15(3)30-13)10-19-11-21(26-22(33-19)12-23(35-26)27(28)29)34-20-7-6-17(9-24(20)39(5,36)37)25-14(2)38-16(4)32-25/h6-9,11,27H,10,12H2,1-5H3,(H,33,34). The minimum Gasteiger partial charge on any atom is -0.353 e. The number of nitrogens with zero attached hydrogens (tertiary/aromatic N) is 5. The molecule has 12 heteroatoms. The molecule has 3 aromatic heterocycles. The van der Waals surface area contributed by atoms with Gasteiger partial charge in [-0.3, -0.25) is 4.98 Å². The predicted molar refractivity (Wildman–Crippen MR) is 149 cm³/mol. The van der Waals surface area contributed by atoms with Crippen molar-refractivity contribution >= 4 is 43.9 Å². The van der Waals surface area contributed by atoms with Gasteiger partial charge in [-0.1, -0.05) is 6.07 Å². The number of hydrogen-bond acceptors (Lipinski definition) is 9. The number of nitrogens with one attached hydrogen (secondary N) is 1. The van der Waals surface area contributed by atoms with Gasteiger partial charge in [0.2, 0.25) is 0 Å². The third-order valence-corrected chi connectivity index (χ3v) is 8.21. The summed E-state index contributed by atoms with van der Waals surface area (Å²) in [5.74, 6) is 0.622. The van der Waals surface area contributed by atoms with E-state index in [4.69, 9.17) is 0 Å². The molecule has 202 valence electrons. The van der Waals surface area contributed by atoms with Crippen LogP contribution in [0.1, 0.15) is 38.5 Å². The molecule has 4 aromatic rings. The molecule has 4 heterocycles. The number of aliphatic imine (C=N–C) groups is 1. The Labute approximate surface area is 229 Å². The number of aryl methyl sites for hydroxylation is 4. The van der Waals surface area contributed by atoms with E-state index >= 15 is 0 Å². The highest BCUT2D eigenvalue weighted by atomic mass is 32.2. The summed E-state index contributed by atoms with van der Waals surface area (Å²) in [5, 5.41) is 4.05. The Morgan fingerprint density at radius 3 is 2.36 bits per heavy atom. The Hall–Kier alpha value is -3.64. The lowest BCUT2D eigenvalue weighted by molar-refractivity contribution is 0.224. The van der Waals surface area contributed by atoms with Crippen LogP contribution in [0.5, 0.6) is 0 Å². The van der Waals surface area contributed by atoms with Crippen LogP contribution in [0.3, 0.4) is 0 Å². The van der Waals surface area contributed by atoms with Crippen molar-refractivity contribution in [3.05, 3.63) is 68.8 Å². The molecular weight excluding hydrogens is 542 g/mol. The SMILES string of the molecule is Cc1cc(Cc2cc(Nc3ccc(-c4nc(C)sc4C)cc3S(C)(=O)=O)c3c(n2)CC(C(F)F)=N3)nc(C)n1. The van der Waals surface area contributed by atoms with Crippen molar-refractivity contribution in [1.82, 2.24) is 19.9 Å². The fourth-order valence-corrected chi connectivity index (χ4v) is 6.35. The minimum absolute atomic E-state index is 0.0651. The molecule has 0 unspecified atom stereocenters. The summed E-state index contributed by atoms with van der Waals surface area (Å²) in [6.07, 6.45) is -1.34. The number of hydrogen-bond donors (Lipinski definition) is 1. The first-order chi connectivity index (χ1) is 18.4. The fourth-order valence-electron chi connectivity index (χ4n) is 4.65. The molecule has 1 aliphatic rings. The van der Waals surface area contributed by atoms with Crippen LogP contribution in [0.4, 0.5) is 25.8 Å². The molecule has 0 amide bonds. The lowest BCUT2D eigenvalue weighted by atomic mass is 10.1. The number of anilines is 2. The second-order valence-electron chi connectivity index (χ2n) is 9.51. The van der Waals surface area contributed by atoms with Crippen LogP contribution in [-0.4, -0.2) is 46.7 Å². The molecule has 0 bridgehead atoms. The van der Waals surface area contributed by atoms with Gasteiger partial charge in [0, 0.05) is 40.9 Å². The zero-order valence-electron chi connectivity index (χ0n) is 22.0. The van der Waals surface area contributed by atoms with E-state index in [9.17, 15) is 17.2 Å². The van der Waals surface area contributed by atoms with Crippen LogP contribution < -0.4 is 5.32 Å². The fraction of sp³-hybridized carbons (Fsp3) is 0.296. The van der Waals surface area contributed by atoms with Gasteiger partial charge in [-0.25, -0.2) is 37.1 Å². The second kappa shape index (κ2) is 10.2. The molecule has 0 atom stereocenters. The van der Waals surface area contributed by atoms with Crippen molar-refractivity contribution in [2.45, 2.75) is 51.9 Å². The Kier molecular flexibility index (Phi) is 7.02. The van der Waals surface area contributed by atoms with Crippen molar-refractivity contribution in [3.63, 3.8) is 0 Å². The molecule has 8 nitrogen and oxygen atoms in total. The molecule has 1 N–H and O–H groups in total. The highest BCUT2D eigenvalue weighted by molar-refractivity contribution is 7.90. The molecule has 0 saturated carbocycles. The van der Waals surface area contributed by atoms with E-state index in [1.54, 1.807) is 31.2 Å². The van der Waals surface area contributed by atoms with Crippen LogP contribution in [-0.2, 0) is 22.7 Å². The largest absolute Gasteiger partial charge is 0.353 e. The van der Waals surface area contributed by atoms with Gasteiger partial charge in [0.25, 0.3) is 6.43 Å². The van der Waals surface area contributed by atoms with Crippen LogP contribution in [0, 0.1) is 27.7 Å². The number of sulfone groups is 1. The number of thiazole rings is 1. The second-order valence-corrected chi connectivity index (χ2v) is 12.9. The van der Waals surface area contributed by atoms with Gasteiger partial charge in [-0.05, 0) is 52.0 Å². The normalized spacial score (nSPS) is 13.1. The summed E-state index contributed by atoms with van der Waals surface area (Å²) in [6, 6.07) is 8.59. The number of fused-ring (bicyclic) bond motifs is 1. The average Bonchev–Trinajstić information content (AvgIpc) is 3.41. The molecule has 0 radical (unpaired) electrons. The van der Waals surface area contributed by atoms with Crippen molar-refractivity contribution in [2.75, 3.05) is 11.6 Å². The molecule has 0 aliphatic carbocycles. The maximum absolute atomic E-state index is 13.6. The number of aromatic nitrogens is 4. The Balaban J connectivity index is 1.60. The van der Waals surface area contributed by atoms with Gasteiger partial charge < -0.3 is 5.32 Å². The van der Waals surface area contributed by atoms with Crippen LogP contribution in [0.2, 0.25) is 0 Å². The quantitative estimate of drug-likeness (QED) is 0.297. The summed E-state index contributed by atoms with van der Waals surface area (Å²) in [7, 11) is -3.67. The zero-order valence-corrected chi connectivity index (χ0v) is 23.6. The molecule has 1 aliphatic heterocycles. The van der Waals surface area contributed by atoms with Crippen LogP contribution in [0.25, 0.3) is 11.3 Å². The van der Waals surface area contributed by atoms with E-state index in [1.165, 1.54) is 11.3 Å². The number of pyridine rings is 1. The number of halogens is 2. The summed E-state index contributed by atoms with van der Waals surface area (Å²) in [5.41, 5.74) is 4.64. The highest BCUT2D eigenvalue weighted by Crippen LogP contribution is 2.39. The highest BCUT2D eigenvalue weighted by Gasteiger charge is 2.27. The van der Waals surface area contributed by atoms with Crippen LogP contribution in [0.15, 0.2) is 40.2 Å². The van der Waals surface area contributed by atoms with E-state index in [-0.39, 0.29) is 22.7 Å². The van der Waals surface area contributed by atoms with Crippen molar-refractivity contribution < 1.29 is 17.2 Å². The van der Waals surface area contributed by atoms with E-state index in [0.717, 1.165) is 33.2 Å². The number of rotatable bonds is 7. The molecule has 0 fully saturated rings. The first-order valence-corrected chi connectivity index (χ1v) is 14.8. The first-order valence-electron chi connectivity index (χ1n) is 12.1. The maximum atomic E-state index is 13.6. The Morgan fingerprint density at radius 2 is 1.72 bits per heavy atom. The molecule has 39 heavy (non-hydrogen) atoms. The van der Waals surface area contributed by atoms with E-state index in [0.29, 0.717) is 40.6 Å². The van der Waals surface area contributed by atoms with Crippen molar-refractivity contribution in [2.24, 2.45) is 4.99 Å². The molecule has 5 rings (SSSR count). The van der Waals surface area contributed by atoms with Gasteiger partial charge in [0.05, 0.1) is 44.1 Å². The summed E-state index contributed by atoms with van der Waals surface area (Å²) >= 11 is 1.54. The lowest BCUT2D eigenvalue weighted by Crippen LogP contribution is -2.10. The molecule has 0 spiro atoms. The maximum Gasteiger partial charge on any atom is 0.277 e. The Bertz CT molecular complexity index is 1730. The van der Waals surface area contributed by atoms with Gasteiger partial charge in [-0.2, -0.15) is 0 Å². The molecule has 1 aromatic carbocycles. The Morgan fingerprint density at radius 1 is 0.974 bits per heavy atom.